The Bertz CT molecular complexity index is 674. The van der Waals surface area contributed by atoms with E-state index in [1.54, 1.807) is 12.1 Å². The molecule has 0 N–H and O–H groups in total. The van der Waals surface area contributed by atoms with E-state index in [-0.39, 0.29) is 5.91 Å². The van der Waals surface area contributed by atoms with Crippen molar-refractivity contribution in [2.24, 2.45) is 0 Å². The lowest BCUT2D eigenvalue weighted by Gasteiger charge is -2.25. The summed E-state index contributed by atoms with van der Waals surface area (Å²) in [6.07, 6.45) is 0.317. The van der Waals surface area contributed by atoms with E-state index in [2.05, 4.69) is 4.90 Å². The Labute approximate surface area is 153 Å². The van der Waals surface area contributed by atoms with Gasteiger partial charge in [0.15, 0.2) is 0 Å². The number of nitrogens with zero attached hydrogens (tertiary/aromatic N) is 2. The van der Waals surface area contributed by atoms with E-state index >= 15 is 0 Å². The van der Waals surface area contributed by atoms with Crippen LogP contribution < -0.4 is 0 Å². The zero-order valence-electron chi connectivity index (χ0n) is 14.0. The van der Waals surface area contributed by atoms with E-state index in [9.17, 15) is 4.79 Å². The monoisotopic (exact) mass is 364 g/mol. The summed E-state index contributed by atoms with van der Waals surface area (Å²) in [5, 5.41) is 0.978. The van der Waals surface area contributed by atoms with Gasteiger partial charge in [0.25, 0.3) is 0 Å². The summed E-state index contributed by atoms with van der Waals surface area (Å²) in [6, 6.07) is 15.4. The number of hydrogen-bond donors (Lipinski definition) is 0. The number of carbonyl (C=O) groups excluding carboxylic acids is 1. The largest absolute Gasteiger partial charge is 0.337 e. The Morgan fingerprint density at radius 2 is 1.62 bits per heavy atom. The van der Waals surface area contributed by atoms with Crippen molar-refractivity contribution >= 4 is 29.1 Å². The van der Waals surface area contributed by atoms with Crippen LogP contribution >= 0.6 is 23.2 Å². The first-order valence-corrected chi connectivity index (χ1v) is 8.61. The van der Waals surface area contributed by atoms with Crippen LogP contribution in [0, 0.1) is 0 Å². The number of halogens is 2. The smallest absolute Gasteiger partial charge is 0.227 e. The van der Waals surface area contributed by atoms with Gasteiger partial charge in [0, 0.05) is 19.6 Å². The fourth-order valence-corrected chi connectivity index (χ4v) is 2.67. The van der Waals surface area contributed by atoms with Crippen LogP contribution in [0.1, 0.15) is 11.1 Å². The van der Waals surface area contributed by atoms with Gasteiger partial charge in [-0.3, -0.25) is 4.79 Å². The molecular formula is C19H22Cl2N2O. The first-order valence-electron chi connectivity index (χ1n) is 7.86. The van der Waals surface area contributed by atoms with Gasteiger partial charge in [0.2, 0.25) is 5.91 Å². The molecule has 24 heavy (non-hydrogen) atoms. The molecule has 1 amide bonds. The van der Waals surface area contributed by atoms with Crippen molar-refractivity contribution in [3.63, 3.8) is 0 Å². The molecule has 0 unspecified atom stereocenters. The maximum atomic E-state index is 12.8. The average molecular weight is 365 g/mol. The highest BCUT2D eigenvalue weighted by molar-refractivity contribution is 6.42. The minimum absolute atomic E-state index is 0.0825. The molecule has 0 aliphatic rings. The van der Waals surface area contributed by atoms with Crippen LogP contribution in [0.25, 0.3) is 0 Å². The highest BCUT2D eigenvalue weighted by atomic mass is 35.5. The van der Waals surface area contributed by atoms with E-state index < -0.39 is 0 Å². The molecule has 0 spiro atoms. The summed E-state index contributed by atoms with van der Waals surface area (Å²) < 4.78 is 0. The summed E-state index contributed by atoms with van der Waals surface area (Å²) in [5.41, 5.74) is 2.00. The van der Waals surface area contributed by atoms with E-state index in [1.807, 2.05) is 55.4 Å². The molecule has 0 saturated carbocycles. The molecule has 0 saturated heterocycles. The molecule has 2 aromatic rings. The molecular weight excluding hydrogens is 343 g/mol. The third-order valence-corrected chi connectivity index (χ3v) is 4.46. The number of benzene rings is 2. The molecule has 3 nitrogen and oxygen atoms in total. The van der Waals surface area contributed by atoms with Crippen LogP contribution in [-0.4, -0.2) is 42.9 Å². The molecule has 0 heterocycles. The number of likely N-dealkylation sites (N-methyl/N-ethyl adjacent to an activating group) is 1. The summed E-state index contributed by atoms with van der Waals surface area (Å²) in [7, 11) is 4.01. The van der Waals surface area contributed by atoms with E-state index in [1.165, 1.54) is 0 Å². The van der Waals surface area contributed by atoms with Crippen LogP contribution in [0.4, 0.5) is 0 Å². The van der Waals surface area contributed by atoms with Crippen LogP contribution in [0.5, 0.6) is 0 Å². The third-order valence-electron chi connectivity index (χ3n) is 3.73. The molecule has 0 aliphatic carbocycles. The number of amides is 1. The van der Waals surface area contributed by atoms with Gasteiger partial charge in [0.05, 0.1) is 16.5 Å². The van der Waals surface area contributed by atoms with Crippen molar-refractivity contribution in [3.05, 3.63) is 69.7 Å². The van der Waals surface area contributed by atoms with Crippen molar-refractivity contribution in [1.29, 1.82) is 0 Å². The molecule has 0 atom stereocenters. The Hall–Kier alpha value is -1.55. The zero-order valence-corrected chi connectivity index (χ0v) is 15.5. The fourth-order valence-electron chi connectivity index (χ4n) is 2.35. The lowest BCUT2D eigenvalue weighted by atomic mass is 10.1. The Balaban J connectivity index is 2.09. The molecule has 5 heteroatoms. The summed E-state index contributed by atoms with van der Waals surface area (Å²) >= 11 is 12.0. The van der Waals surface area contributed by atoms with Crippen molar-refractivity contribution in [2.45, 2.75) is 13.0 Å². The minimum Gasteiger partial charge on any atom is -0.337 e. The van der Waals surface area contributed by atoms with Gasteiger partial charge in [-0.2, -0.15) is 0 Å². The number of rotatable bonds is 7. The maximum Gasteiger partial charge on any atom is 0.227 e. The zero-order chi connectivity index (χ0) is 17.5. The quantitative estimate of drug-likeness (QED) is 0.737. The van der Waals surface area contributed by atoms with Crippen LogP contribution in [0.3, 0.4) is 0 Å². The first kappa shape index (κ1) is 18.8. The Morgan fingerprint density at radius 3 is 2.25 bits per heavy atom. The topological polar surface area (TPSA) is 23.6 Å². The Morgan fingerprint density at radius 1 is 0.917 bits per heavy atom. The highest BCUT2D eigenvalue weighted by Crippen LogP contribution is 2.23. The molecule has 128 valence electrons. The van der Waals surface area contributed by atoms with Crippen LogP contribution in [0.15, 0.2) is 48.5 Å². The van der Waals surface area contributed by atoms with Gasteiger partial charge in [-0.15, -0.1) is 0 Å². The van der Waals surface area contributed by atoms with Crippen molar-refractivity contribution < 1.29 is 4.79 Å². The van der Waals surface area contributed by atoms with E-state index in [4.69, 9.17) is 23.2 Å². The second kappa shape index (κ2) is 9.07. The lowest BCUT2D eigenvalue weighted by molar-refractivity contribution is -0.131. The number of hydrogen-bond acceptors (Lipinski definition) is 2. The normalized spacial score (nSPS) is 10.9. The summed E-state index contributed by atoms with van der Waals surface area (Å²) in [6.45, 7) is 2.11. The number of carbonyl (C=O) groups is 1. The molecule has 0 bridgehead atoms. The third kappa shape index (κ3) is 5.82. The van der Waals surface area contributed by atoms with Gasteiger partial charge in [-0.25, -0.2) is 0 Å². The summed E-state index contributed by atoms with van der Waals surface area (Å²) in [5.74, 6) is 0.0825. The molecule has 0 aromatic heterocycles. The Kier molecular flexibility index (Phi) is 7.10. The van der Waals surface area contributed by atoms with Gasteiger partial charge in [-0.05, 0) is 37.4 Å². The SMILES string of the molecule is CN(C)CCN(Cc1ccccc1)C(=O)Cc1ccc(Cl)c(Cl)c1. The van der Waals surface area contributed by atoms with Crippen LogP contribution in [0.2, 0.25) is 10.0 Å². The predicted molar refractivity (Wildman–Crippen MR) is 101 cm³/mol. The van der Waals surface area contributed by atoms with E-state index in [0.29, 0.717) is 29.6 Å². The second-order valence-corrected chi connectivity index (χ2v) is 6.84. The molecule has 2 rings (SSSR count). The van der Waals surface area contributed by atoms with Gasteiger partial charge >= 0.3 is 0 Å². The minimum atomic E-state index is 0.0825. The lowest BCUT2D eigenvalue weighted by Crippen LogP contribution is -2.37. The predicted octanol–water partition coefficient (Wildman–Crippen LogP) is 4.13. The summed E-state index contributed by atoms with van der Waals surface area (Å²) in [4.78, 5) is 16.7. The van der Waals surface area contributed by atoms with Gasteiger partial charge < -0.3 is 9.80 Å². The standard InChI is InChI=1S/C19H22Cl2N2O/c1-22(2)10-11-23(14-15-6-4-3-5-7-15)19(24)13-16-8-9-17(20)18(21)12-16/h3-9,12H,10-11,13-14H2,1-2H3. The molecule has 0 fully saturated rings. The fraction of sp³-hybridized carbons (Fsp3) is 0.316. The highest BCUT2D eigenvalue weighted by Gasteiger charge is 2.15. The van der Waals surface area contributed by atoms with Crippen molar-refractivity contribution in [1.82, 2.24) is 9.80 Å². The maximum absolute atomic E-state index is 12.8. The van der Waals surface area contributed by atoms with Gasteiger partial charge in [-0.1, -0.05) is 59.6 Å². The second-order valence-electron chi connectivity index (χ2n) is 6.03. The van der Waals surface area contributed by atoms with E-state index in [0.717, 1.165) is 17.7 Å². The molecule has 0 aliphatic heterocycles. The van der Waals surface area contributed by atoms with Crippen LogP contribution in [-0.2, 0) is 17.8 Å². The molecule has 2 aromatic carbocycles. The first-order chi connectivity index (χ1) is 11.5. The van der Waals surface area contributed by atoms with Gasteiger partial charge in [0.1, 0.15) is 0 Å². The molecule has 0 radical (unpaired) electrons. The van der Waals surface area contributed by atoms with Crippen molar-refractivity contribution in [2.75, 3.05) is 27.2 Å². The average Bonchev–Trinajstić information content (AvgIpc) is 2.55. The van der Waals surface area contributed by atoms with Crippen molar-refractivity contribution in [3.8, 4) is 0 Å².